The molecule has 160 valence electrons. The number of hydrogen-bond acceptors (Lipinski definition) is 6. The zero-order valence-electron chi connectivity index (χ0n) is 17.7. The molecule has 0 bridgehead atoms. The molecule has 0 radical (unpaired) electrons. The number of ether oxygens (including phenoxy) is 1. The second-order valence-corrected chi connectivity index (χ2v) is 9.00. The molecule has 0 spiro atoms. The molecule has 1 aliphatic carbocycles. The van der Waals surface area contributed by atoms with E-state index in [0.29, 0.717) is 19.0 Å². The normalized spacial score (nSPS) is 15.8. The van der Waals surface area contributed by atoms with Gasteiger partial charge in [-0.2, -0.15) is 0 Å². The van der Waals surface area contributed by atoms with Crippen LogP contribution < -0.4 is 4.90 Å². The fourth-order valence-corrected chi connectivity index (χ4v) is 5.14. The van der Waals surface area contributed by atoms with Crippen LogP contribution >= 0.6 is 11.8 Å². The van der Waals surface area contributed by atoms with Gasteiger partial charge in [-0.25, -0.2) is 0 Å². The van der Waals surface area contributed by atoms with Crippen LogP contribution in [0.2, 0.25) is 0 Å². The monoisotopic (exact) mass is 434 g/mol. The van der Waals surface area contributed by atoms with Crippen molar-refractivity contribution in [1.82, 2.24) is 14.8 Å². The molecule has 6 nitrogen and oxygen atoms in total. The molecule has 0 amide bonds. The summed E-state index contributed by atoms with van der Waals surface area (Å²) in [7, 11) is 0. The van der Waals surface area contributed by atoms with Crippen molar-refractivity contribution >= 4 is 23.5 Å². The number of fused-ring (bicyclic) bond motifs is 1. The number of morpholine rings is 1. The molecule has 0 saturated carbocycles. The van der Waals surface area contributed by atoms with Crippen LogP contribution in [0.3, 0.4) is 0 Å². The average molecular weight is 435 g/mol. The van der Waals surface area contributed by atoms with Gasteiger partial charge >= 0.3 is 0 Å². The lowest BCUT2D eigenvalue weighted by atomic mass is 10.0. The maximum atomic E-state index is 12.9. The van der Waals surface area contributed by atoms with Crippen LogP contribution in [-0.4, -0.2) is 52.6 Å². The number of carbonyl (C=O) groups is 1. The molecule has 1 saturated heterocycles. The van der Waals surface area contributed by atoms with E-state index in [2.05, 4.69) is 50.9 Å². The molecule has 1 aromatic heterocycles. The fraction of sp³-hybridized carbons (Fsp3) is 0.375. The predicted molar refractivity (Wildman–Crippen MR) is 123 cm³/mol. The Labute approximate surface area is 186 Å². The molecular weight excluding hydrogens is 408 g/mol. The van der Waals surface area contributed by atoms with Crippen LogP contribution in [0.5, 0.6) is 0 Å². The topological polar surface area (TPSA) is 60.2 Å². The smallest absolute Gasteiger partial charge is 0.232 e. The molecule has 7 heteroatoms. The van der Waals surface area contributed by atoms with Gasteiger partial charge in [0.1, 0.15) is 0 Å². The predicted octanol–water partition coefficient (Wildman–Crippen LogP) is 3.88. The second kappa shape index (κ2) is 8.85. The first kappa shape index (κ1) is 20.3. The van der Waals surface area contributed by atoms with Crippen LogP contribution in [0.1, 0.15) is 33.5 Å². The van der Waals surface area contributed by atoms with Crippen LogP contribution in [0.15, 0.2) is 47.6 Å². The fourth-order valence-electron chi connectivity index (χ4n) is 4.31. The lowest BCUT2D eigenvalue weighted by molar-refractivity contribution is 0.102. The minimum atomic E-state index is 0.131. The number of anilines is 1. The number of ketones is 1. The summed E-state index contributed by atoms with van der Waals surface area (Å²) in [6.45, 7) is 5.01. The minimum absolute atomic E-state index is 0.131. The Hall–Kier alpha value is -2.64. The third kappa shape index (κ3) is 4.12. The summed E-state index contributed by atoms with van der Waals surface area (Å²) in [6, 6.07) is 14.4. The van der Waals surface area contributed by atoms with Crippen LogP contribution in [0, 0.1) is 6.92 Å². The zero-order valence-corrected chi connectivity index (χ0v) is 18.5. The summed E-state index contributed by atoms with van der Waals surface area (Å²) < 4.78 is 7.59. The van der Waals surface area contributed by atoms with Gasteiger partial charge in [-0.15, -0.1) is 10.2 Å². The molecule has 3 aromatic rings. The minimum Gasteiger partial charge on any atom is -0.378 e. The lowest BCUT2D eigenvalue weighted by Crippen LogP contribution is -2.38. The van der Waals surface area contributed by atoms with E-state index < -0.39 is 0 Å². The number of nitrogens with zero attached hydrogens (tertiary/aromatic N) is 4. The highest BCUT2D eigenvalue weighted by Gasteiger charge is 2.23. The Morgan fingerprint density at radius 2 is 1.87 bits per heavy atom. The Balaban J connectivity index is 1.41. The number of carbonyl (C=O) groups excluding carboxylic acids is 1. The Bertz CT molecular complexity index is 1100. The highest BCUT2D eigenvalue weighted by Crippen LogP contribution is 2.30. The van der Waals surface area contributed by atoms with Crippen LogP contribution in [-0.2, 0) is 17.6 Å². The summed E-state index contributed by atoms with van der Waals surface area (Å²) in [5, 5.41) is 9.72. The Kier molecular flexibility index (Phi) is 5.78. The first-order valence-corrected chi connectivity index (χ1v) is 11.8. The molecule has 0 atom stereocenters. The van der Waals surface area contributed by atoms with E-state index in [1.54, 1.807) is 0 Å². The van der Waals surface area contributed by atoms with Gasteiger partial charge in [0, 0.05) is 18.7 Å². The molecule has 1 aliphatic heterocycles. The van der Waals surface area contributed by atoms with Crippen molar-refractivity contribution in [3.05, 3.63) is 64.7 Å². The van der Waals surface area contributed by atoms with E-state index in [-0.39, 0.29) is 5.78 Å². The highest BCUT2D eigenvalue weighted by atomic mass is 32.2. The molecular formula is C24H26N4O2S. The van der Waals surface area contributed by atoms with Crippen molar-refractivity contribution in [2.24, 2.45) is 0 Å². The van der Waals surface area contributed by atoms with Crippen molar-refractivity contribution in [3.8, 4) is 5.69 Å². The number of Topliss-reactive ketones (excluding diaryl/α,β-unsaturated/α-hetero) is 1. The Morgan fingerprint density at radius 1 is 1.06 bits per heavy atom. The van der Waals surface area contributed by atoms with Crippen molar-refractivity contribution in [2.45, 2.75) is 31.3 Å². The van der Waals surface area contributed by atoms with Crippen LogP contribution in [0.25, 0.3) is 5.69 Å². The Morgan fingerprint density at radius 3 is 2.71 bits per heavy atom. The van der Waals surface area contributed by atoms with E-state index in [1.807, 2.05) is 18.2 Å². The summed E-state index contributed by atoms with van der Waals surface area (Å²) in [6.07, 6.45) is 3.39. The quantitative estimate of drug-likeness (QED) is 0.434. The van der Waals surface area contributed by atoms with Crippen molar-refractivity contribution in [3.63, 3.8) is 0 Å². The molecule has 0 N–H and O–H groups in total. The number of aromatic nitrogens is 3. The molecule has 5 rings (SSSR count). The number of aryl methyl sites for hydroxylation is 3. The maximum Gasteiger partial charge on any atom is 0.232 e. The van der Waals surface area contributed by atoms with Gasteiger partial charge in [0.15, 0.2) is 10.9 Å². The average Bonchev–Trinajstić information content (AvgIpc) is 3.45. The van der Waals surface area contributed by atoms with Gasteiger partial charge in [0.2, 0.25) is 5.95 Å². The van der Waals surface area contributed by atoms with Crippen molar-refractivity contribution in [1.29, 1.82) is 0 Å². The van der Waals surface area contributed by atoms with Gasteiger partial charge in [-0.1, -0.05) is 42.1 Å². The maximum absolute atomic E-state index is 12.9. The molecule has 2 aromatic carbocycles. The molecule has 31 heavy (non-hydrogen) atoms. The van der Waals surface area contributed by atoms with E-state index >= 15 is 0 Å². The number of thioether (sulfide) groups is 1. The van der Waals surface area contributed by atoms with Crippen LogP contribution in [0.4, 0.5) is 5.95 Å². The largest absolute Gasteiger partial charge is 0.378 e. The first-order valence-electron chi connectivity index (χ1n) is 10.8. The van der Waals surface area contributed by atoms with Gasteiger partial charge < -0.3 is 9.64 Å². The third-order valence-electron chi connectivity index (χ3n) is 6.02. The summed E-state index contributed by atoms with van der Waals surface area (Å²) in [5.41, 5.74) is 5.70. The zero-order chi connectivity index (χ0) is 21.2. The molecule has 0 unspecified atom stereocenters. The SMILES string of the molecule is Cc1ccccc1-n1c(SCC(=O)c2ccc3c(c2)CCC3)nnc1N1CCOCC1. The number of rotatable bonds is 6. The molecule has 2 aliphatic rings. The van der Waals surface area contributed by atoms with E-state index in [0.717, 1.165) is 53.9 Å². The third-order valence-corrected chi connectivity index (χ3v) is 6.95. The highest BCUT2D eigenvalue weighted by molar-refractivity contribution is 7.99. The van der Waals surface area contributed by atoms with Crippen molar-refractivity contribution < 1.29 is 9.53 Å². The summed E-state index contributed by atoms with van der Waals surface area (Å²) in [5.74, 6) is 1.28. The van der Waals surface area contributed by atoms with Crippen molar-refractivity contribution in [2.75, 3.05) is 37.0 Å². The number of benzene rings is 2. The van der Waals surface area contributed by atoms with E-state index in [1.165, 1.54) is 29.3 Å². The standard InChI is InChI=1S/C24H26N4O2S/c1-17-5-2-3-8-21(17)28-23(27-11-13-30-14-12-27)25-26-24(28)31-16-22(29)20-10-9-18-6-4-7-19(18)15-20/h2-3,5,8-10,15H,4,6-7,11-14,16H2,1H3. The number of para-hydroxylation sites is 1. The van der Waals surface area contributed by atoms with Gasteiger partial charge in [-0.3, -0.25) is 9.36 Å². The number of hydrogen-bond donors (Lipinski definition) is 0. The summed E-state index contributed by atoms with van der Waals surface area (Å²) in [4.78, 5) is 15.1. The van der Waals surface area contributed by atoms with Gasteiger partial charge in [0.05, 0.1) is 24.7 Å². The van der Waals surface area contributed by atoms with Gasteiger partial charge in [0.25, 0.3) is 0 Å². The second-order valence-electron chi connectivity index (χ2n) is 8.05. The molecule has 2 heterocycles. The van der Waals surface area contributed by atoms with E-state index in [4.69, 9.17) is 4.74 Å². The van der Waals surface area contributed by atoms with Gasteiger partial charge in [-0.05, 0) is 55.0 Å². The molecule has 1 fully saturated rings. The summed E-state index contributed by atoms with van der Waals surface area (Å²) >= 11 is 1.45. The lowest BCUT2D eigenvalue weighted by Gasteiger charge is -2.28. The van der Waals surface area contributed by atoms with E-state index in [9.17, 15) is 4.79 Å². The first-order chi connectivity index (χ1) is 15.2.